The lowest BCUT2D eigenvalue weighted by atomic mass is 9.94. The number of hydrogen-bond acceptors (Lipinski definition) is 3. The van der Waals surface area contributed by atoms with Gasteiger partial charge in [-0.3, -0.25) is 15.0 Å². The molecule has 2 rings (SSSR count). The molecule has 0 saturated carbocycles. The summed E-state index contributed by atoms with van der Waals surface area (Å²) in [5.74, 6) is 0. The average molecular weight is 329 g/mol. The molecule has 1 aliphatic heterocycles. The highest BCUT2D eigenvalue weighted by atomic mass is 19.4. The summed E-state index contributed by atoms with van der Waals surface area (Å²) in [5, 5.41) is 11.4. The first-order valence-electron chi connectivity index (χ1n) is 6.59. The first-order valence-corrected chi connectivity index (χ1v) is 6.59. The summed E-state index contributed by atoms with van der Waals surface area (Å²) in [4.78, 5) is 24.8. The van der Waals surface area contributed by atoms with Gasteiger partial charge in [-0.25, -0.2) is 4.79 Å². The number of urea groups is 1. The van der Waals surface area contributed by atoms with E-state index in [-0.39, 0.29) is 11.3 Å². The molecule has 1 atom stereocenters. The summed E-state index contributed by atoms with van der Waals surface area (Å²) in [6.45, 7) is 1.34. The molecule has 1 aromatic rings. The molecule has 6 nitrogen and oxygen atoms in total. The molecule has 0 fully saturated rings. The van der Waals surface area contributed by atoms with Crippen LogP contribution in [0.4, 0.5) is 18.0 Å². The van der Waals surface area contributed by atoms with Gasteiger partial charge in [-0.2, -0.15) is 13.2 Å². The van der Waals surface area contributed by atoms with Crippen LogP contribution in [0.3, 0.4) is 0 Å². The predicted octanol–water partition coefficient (Wildman–Crippen LogP) is 3.25. The van der Waals surface area contributed by atoms with E-state index in [1.807, 2.05) is 0 Å². The van der Waals surface area contributed by atoms with Gasteiger partial charge < -0.3 is 4.90 Å². The van der Waals surface area contributed by atoms with Gasteiger partial charge in [-0.15, -0.1) is 0 Å². The first-order chi connectivity index (χ1) is 10.6. The summed E-state index contributed by atoms with van der Waals surface area (Å²) in [5.41, 5.74) is -1.76. The number of nitrogens with zero attached hydrogens (tertiary/aromatic N) is 3. The van der Waals surface area contributed by atoms with Gasteiger partial charge in [0.2, 0.25) is 0 Å². The molecule has 1 aromatic carbocycles. The lowest BCUT2D eigenvalue weighted by Crippen LogP contribution is -2.47. The number of benzene rings is 1. The van der Waals surface area contributed by atoms with Crippen LogP contribution in [-0.2, 0) is 6.18 Å². The Balaban J connectivity index is 2.75. The Morgan fingerprint density at radius 1 is 1.22 bits per heavy atom. The fraction of sp³-hybridized carbons (Fsp3) is 0.357. The van der Waals surface area contributed by atoms with Crippen molar-refractivity contribution < 1.29 is 22.9 Å². The fourth-order valence-corrected chi connectivity index (χ4v) is 2.63. The molecule has 0 N–H and O–H groups in total. The van der Waals surface area contributed by atoms with E-state index in [9.17, 15) is 28.1 Å². The highest BCUT2D eigenvalue weighted by molar-refractivity contribution is 5.78. The summed E-state index contributed by atoms with van der Waals surface area (Å²) >= 11 is 0. The molecule has 2 amide bonds. The first kappa shape index (κ1) is 16.8. The Morgan fingerprint density at radius 3 is 2.30 bits per heavy atom. The van der Waals surface area contributed by atoms with E-state index in [0.717, 1.165) is 21.9 Å². The summed E-state index contributed by atoms with van der Waals surface area (Å²) in [6.07, 6.45) is -4.68. The van der Waals surface area contributed by atoms with Crippen LogP contribution in [0.25, 0.3) is 0 Å². The number of likely N-dealkylation sites (N-methyl/N-ethyl adjacent to an activating group) is 1. The van der Waals surface area contributed by atoms with E-state index in [4.69, 9.17) is 0 Å². The van der Waals surface area contributed by atoms with Gasteiger partial charge in [0, 0.05) is 14.1 Å². The molecule has 0 unspecified atom stereocenters. The van der Waals surface area contributed by atoms with E-state index < -0.39 is 34.4 Å². The van der Waals surface area contributed by atoms with Gasteiger partial charge in [0.25, 0.3) is 5.70 Å². The molecule has 0 aromatic heterocycles. The molecule has 0 spiro atoms. The van der Waals surface area contributed by atoms with Crippen LogP contribution < -0.4 is 0 Å². The average Bonchev–Trinajstić information content (AvgIpc) is 2.47. The summed E-state index contributed by atoms with van der Waals surface area (Å²) < 4.78 is 39.7. The zero-order valence-corrected chi connectivity index (χ0v) is 12.6. The molecule has 23 heavy (non-hydrogen) atoms. The van der Waals surface area contributed by atoms with Crippen molar-refractivity contribution in [2.75, 3.05) is 14.1 Å². The standard InChI is InChI=1S/C14H14F3N3O3/c1-8-11(20(22)23)12(19(3)13(21)18(8)2)9-6-4-5-7-10(9)14(15,16)17/h4-7,12H,1-3H3/t12-/m0/s1. The van der Waals surface area contributed by atoms with Crippen molar-refractivity contribution in [2.45, 2.75) is 19.1 Å². The van der Waals surface area contributed by atoms with E-state index >= 15 is 0 Å². The lowest BCUT2D eigenvalue weighted by Gasteiger charge is -2.36. The second-order valence-corrected chi connectivity index (χ2v) is 5.17. The monoisotopic (exact) mass is 329 g/mol. The predicted molar refractivity (Wildman–Crippen MR) is 74.8 cm³/mol. The topological polar surface area (TPSA) is 66.7 Å². The van der Waals surface area contributed by atoms with Gasteiger partial charge >= 0.3 is 12.2 Å². The van der Waals surface area contributed by atoms with Crippen molar-refractivity contribution in [3.05, 3.63) is 56.9 Å². The molecule has 9 heteroatoms. The number of allylic oxidation sites excluding steroid dienone is 1. The normalized spacial score (nSPS) is 19.4. The Morgan fingerprint density at radius 2 is 1.78 bits per heavy atom. The van der Waals surface area contributed by atoms with Gasteiger partial charge in [0.1, 0.15) is 0 Å². The Kier molecular flexibility index (Phi) is 4.06. The van der Waals surface area contributed by atoms with Crippen LogP contribution in [0.1, 0.15) is 24.1 Å². The molecular weight excluding hydrogens is 315 g/mol. The van der Waals surface area contributed by atoms with E-state index in [0.29, 0.717) is 0 Å². The van der Waals surface area contributed by atoms with E-state index in [2.05, 4.69) is 0 Å². The van der Waals surface area contributed by atoms with E-state index in [1.54, 1.807) is 0 Å². The number of rotatable bonds is 2. The third-order valence-electron chi connectivity index (χ3n) is 3.87. The zero-order valence-electron chi connectivity index (χ0n) is 12.6. The largest absolute Gasteiger partial charge is 0.416 e. The molecule has 0 radical (unpaired) electrons. The highest BCUT2D eigenvalue weighted by Crippen LogP contribution is 2.41. The van der Waals surface area contributed by atoms with Crippen molar-refractivity contribution in [1.82, 2.24) is 9.80 Å². The van der Waals surface area contributed by atoms with Crippen LogP contribution in [0.2, 0.25) is 0 Å². The minimum absolute atomic E-state index is 0.0140. The number of nitro groups is 1. The van der Waals surface area contributed by atoms with Crippen LogP contribution in [0.15, 0.2) is 35.7 Å². The summed E-state index contributed by atoms with van der Waals surface area (Å²) in [7, 11) is 2.58. The number of carbonyl (C=O) groups is 1. The minimum atomic E-state index is -4.68. The quantitative estimate of drug-likeness (QED) is 0.618. The number of amides is 2. The van der Waals surface area contributed by atoms with Crippen molar-refractivity contribution in [3.8, 4) is 0 Å². The smallest absolute Gasteiger partial charge is 0.310 e. The third kappa shape index (κ3) is 2.73. The van der Waals surface area contributed by atoms with Gasteiger partial charge in [-0.1, -0.05) is 18.2 Å². The maximum atomic E-state index is 13.2. The van der Waals surface area contributed by atoms with Crippen LogP contribution in [0, 0.1) is 10.1 Å². The maximum Gasteiger partial charge on any atom is 0.416 e. The second-order valence-electron chi connectivity index (χ2n) is 5.17. The zero-order chi connectivity index (χ0) is 17.5. The minimum Gasteiger partial charge on any atom is -0.310 e. The molecule has 124 valence electrons. The van der Waals surface area contributed by atoms with E-state index in [1.165, 1.54) is 33.2 Å². The van der Waals surface area contributed by atoms with Crippen LogP contribution in [0.5, 0.6) is 0 Å². The third-order valence-corrected chi connectivity index (χ3v) is 3.87. The molecule has 0 bridgehead atoms. The van der Waals surface area contributed by atoms with Crippen molar-refractivity contribution >= 4 is 6.03 Å². The second kappa shape index (κ2) is 5.56. The van der Waals surface area contributed by atoms with Gasteiger partial charge in [-0.05, 0) is 18.6 Å². The Labute approximate surface area is 129 Å². The lowest BCUT2D eigenvalue weighted by molar-refractivity contribution is -0.436. The number of alkyl halides is 3. The molecule has 1 heterocycles. The number of carbonyl (C=O) groups excluding carboxylic acids is 1. The Hall–Kier alpha value is -2.58. The van der Waals surface area contributed by atoms with Gasteiger partial charge in [0.05, 0.1) is 16.2 Å². The van der Waals surface area contributed by atoms with Crippen molar-refractivity contribution in [1.29, 1.82) is 0 Å². The fourth-order valence-electron chi connectivity index (χ4n) is 2.63. The van der Waals surface area contributed by atoms with Crippen molar-refractivity contribution in [2.24, 2.45) is 0 Å². The van der Waals surface area contributed by atoms with Gasteiger partial charge in [0.15, 0.2) is 6.04 Å². The molecular formula is C14H14F3N3O3. The SMILES string of the molecule is CC1=C([N+](=O)[O-])[C@H](c2ccccc2C(F)(F)F)N(C)C(=O)N1C. The summed E-state index contributed by atoms with van der Waals surface area (Å²) in [6, 6.07) is 2.53. The van der Waals surface area contributed by atoms with Crippen LogP contribution >= 0.6 is 0 Å². The van der Waals surface area contributed by atoms with Crippen molar-refractivity contribution in [3.63, 3.8) is 0 Å². The Bertz CT molecular complexity index is 700. The molecule has 0 aliphatic carbocycles. The highest BCUT2D eigenvalue weighted by Gasteiger charge is 2.46. The number of halogens is 3. The van der Waals surface area contributed by atoms with Crippen LogP contribution in [-0.4, -0.2) is 34.8 Å². The maximum absolute atomic E-state index is 13.2. The molecule has 1 aliphatic rings. The number of hydrogen-bond donors (Lipinski definition) is 0. The molecule has 0 saturated heterocycles.